The van der Waals surface area contributed by atoms with Gasteiger partial charge in [-0.3, -0.25) is 9.56 Å². The van der Waals surface area contributed by atoms with E-state index in [-0.39, 0.29) is 6.61 Å². The molecule has 0 fully saturated rings. The maximum Gasteiger partial charge on any atom is 0.163 e. The first-order valence-corrected chi connectivity index (χ1v) is 7.60. The summed E-state index contributed by atoms with van der Waals surface area (Å²) < 4.78 is 1.86. The van der Waals surface area contributed by atoms with Gasteiger partial charge in [-0.05, 0) is 12.1 Å². The lowest BCUT2D eigenvalue weighted by Gasteiger charge is -2.13. The summed E-state index contributed by atoms with van der Waals surface area (Å²) >= 11 is 6.37. The summed E-state index contributed by atoms with van der Waals surface area (Å²) in [6, 6.07) is 15.5. The van der Waals surface area contributed by atoms with E-state index in [2.05, 4.69) is 10.2 Å². The average molecular weight is 325 g/mol. The molecular formula is C17H13ClN4O. The van der Waals surface area contributed by atoms with E-state index < -0.39 is 0 Å². The highest BCUT2D eigenvalue weighted by molar-refractivity contribution is 6.35. The number of aliphatic imine (C=N–C) groups is 1. The Bertz CT molecular complexity index is 916. The molecular weight excluding hydrogens is 312 g/mol. The highest BCUT2D eigenvalue weighted by Crippen LogP contribution is 2.28. The lowest BCUT2D eigenvalue weighted by atomic mass is 10.0. The summed E-state index contributed by atoms with van der Waals surface area (Å²) in [7, 11) is 0. The van der Waals surface area contributed by atoms with Crippen molar-refractivity contribution >= 4 is 17.3 Å². The molecule has 2 heterocycles. The molecule has 5 nitrogen and oxygen atoms in total. The Labute approximate surface area is 137 Å². The SMILES string of the molecule is OCc1nnc2n1-c1ccccc1C(c1ccccc1Cl)=NC2. The second-order valence-electron chi connectivity index (χ2n) is 5.19. The maximum absolute atomic E-state index is 9.55. The number of halogens is 1. The molecule has 0 amide bonds. The van der Waals surface area contributed by atoms with E-state index in [1.807, 2.05) is 53.1 Å². The fourth-order valence-corrected chi connectivity index (χ4v) is 3.05. The first kappa shape index (κ1) is 14.1. The molecule has 114 valence electrons. The molecule has 0 spiro atoms. The van der Waals surface area contributed by atoms with Gasteiger partial charge in [0.25, 0.3) is 0 Å². The van der Waals surface area contributed by atoms with Crippen molar-refractivity contribution < 1.29 is 5.11 Å². The van der Waals surface area contributed by atoms with E-state index in [9.17, 15) is 5.11 Å². The molecule has 23 heavy (non-hydrogen) atoms. The molecule has 0 atom stereocenters. The second-order valence-corrected chi connectivity index (χ2v) is 5.60. The minimum absolute atomic E-state index is 0.178. The van der Waals surface area contributed by atoms with Crippen molar-refractivity contribution in [1.82, 2.24) is 14.8 Å². The van der Waals surface area contributed by atoms with Crippen LogP contribution in [0.2, 0.25) is 5.02 Å². The van der Waals surface area contributed by atoms with E-state index in [0.29, 0.717) is 23.2 Å². The first-order valence-electron chi connectivity index (χ1n) is 7.22. The van der Waals surface area contributed by atoms with Gasteiger partial charge in [0.05, 0.1) is 11.4 Å². The molecule has 0 saturated carbocycles. The summed E-state index contributed by atoms with van der Waals surface area (Å²) in [5, 5.41) is 18.4. The summed E-state index contributed by atoms with van der Waals surface area (Å²) in [6.45, 7) is 0.199. The highest BCUT2D eigenvalue weighted by Gasteiger charge is 2.22. The van der Waals surface area contributed by atoms with Gasteiger partial charge < -0.3 is 5.11 Å². The van der Waals surface area contributed by atoms with Crippen LogP contribution in [0.1, 0.15) is 22.8 Å². The summed E-state index contributed by atoms with van der Waals surface area (Å²) in [5.74, 6) is 1.20. The minimum Gasteiger partial charge on any atom is -0.388 e. The lowest BCUT2D eigenvalue weighted by molar-refractivity contribution is 0.268. The van der Waals surface area contributed by atoms with Gasteiger partial charge in [-0.25, -0.2) is 0 Å². The quantitative estimate of drug-likeness (QED) is 0.788. The Morgan fingerprint density at radius 1 is 1.00 bits per heavy atom. The van der Waals surface area contributed by atoms with Gasteiger partial charge in [-0.2, -0.15) is 0 Å². The molecule has 1 N–H and O–H groups in total. The van der Waals surface area contributed by atoms with Crippen LogP contribution in [0.25, 0.3) is 5.69 Å². The largest absolute Gasteiger partial charge is 0.388 e. The normalized spacial score (nSPS) is 13.0. The molecule has 1 aromatic heterocycles. The Balaban J connectivity index is 1.99. The number of aromatic nitrogens is 3. The molecule has 4 rings (SSSR count). The molecule has 0 radical (unpaired) electrons. The number of rotatable bonds is 2. The van der Waals surface area contributed by atoms with Crippen LogP contribution in [0.5, 0.6) is 0 Å². The van der Waals surface area contributed by atoms with Crippen molar-refractivity contribution in [2.24, 2.45) is 4.99 Å². The van der Waals surface area contributed by atoms with Crippen molar-refractivity contribution in [1.29, 1.82) is 0 Å². The van der Waals surface area contributed by atoms with Crippen LogP contribution in [0, 0.1) is 0 Å². The van der Waals surface area contributed by atoms with Gasteiger partial charge in [0, 0.05) is 16.1 Å². The predicted octanol–water partition coefficient (Wildman–Crippen LogP) is 2.76. The van der Waals surface area contributed by atoms with Crippen molar-refractivity contribution in [3.05, 3.63) is 76.3 Å². The Morgan fingerprint density at radius 3 is 2.52 bits per heavy atom. The number of benzene rings is 2. The topological polar surface area (TPSA) is 63.3 Å². The number of hydrogen-bond donors (Lipinski definition) is 1. The first-order chi connectivity index (χ1) is 11.3. The maximum atomic E-state index is 9.55. The zero-order chi connectivity index (χ0) is 15.8. The third-order valence-corrected chi connectivity index (χ3v) is 4.18. The van der Waals surface area contributed by atoms with Crippen molar-refractivity contribution in [2.75, 3.05) is 0 Å². The van der Waals surface area contributed by atoms with Crippen LogP contribution in [0.15, 0.2) is 53.5 Å². The molecule has 3 aromatic rings. The highest BCUT2D eigenvalue weighted by atomic mass is 35.5. The van der Waals surface area contributed by atoms with Crippen LogP contribution in [-0.2, 0) is 13.2 Å². The molecule has 0 aliphatic carbocycles. The smallest absolute Gasteiger partial charge is 0.163 e. The van der Waals surface area contributed by atoms with E-state index in [1.54, 1.807) is 0 Å². The minimum atomic E-state index is -0.178. The summed E-state index contributed by atoms with van der Waals surface area (Å²) in [6.07, 6.45) is 0. The van der Waals surface area contributed by atoms with E-state index in [0.717, 1.165) is 22.5 Å². The summed E-state index contributed by atoms with van der Waals surface area (Å²) in [5.41, 5.74) is 3.54. The number of hydrogen-bond acceptors (Lipinski definition) is 4. The van der Waals surface area contributed by atoms with E-state index in [4.69, 9.17) is 16.6 Å². The number of fused-ring (bicyclic) bond motifs is 3. The fourth-order valence-electron chi connectivity index (χ4n) is 2.82. The van der Waals surface area contributed by atoms with Gasteiger partial charge in [-0.1, -0.05) is 48.0 Å². The summed E-state index contributed by atoms with van der Waals surface area (Å²) in [4.78, 5) is 4.71. The fraction of sp³-hybridized carbons (Fsp3) is 0.118. The Hall–Kier alpha value is -2.50. The molecule has 2 aromatic carbocycles. The molecule has 0 bridgehead atoms. The number of para-hydroxylation sites is 1. The molecule has 6 heteroatoms. The van der Waals surface area contributed by atoms with Crippen molar-refractivity contribution in [2.45, 2.75) is 13.2 Å². The predicted molar refractivity (Wildman–Crippen MR) is 88.1 cm³/mol. The van der Waals surface area contributed by atoms with Crippen LogP contribution < -0.4 is 0 Å². The Morgan fingerprint density at radius 2 is 1.74 bits per heavy atom. The monoisotopic (exact) mass is 324 g/mol. The molecule has 1 aliphatic heterocycles. The number of aliphatic hydroxyl groups is 1. The number of aliphatic hydroxyl groups excluding tert-OH is 1. The van der Waals surface area contributed by atoms with Crippen LogP contribution >= 0.6 is 11.6 Å². The second kappa shape index (κ2) is 5.61. The standard InChI is InChI=1S/C17H13ClN4O/c18-13-7-3-1-5-11(13)17-12-6-2-4-8-14(12)22-15(9-19-17)20-21-16(22)10-23/h1-8,23H,9-10H2. The van der Waals surface area contributed by atoms with Crippen molar-refractivity contribution in [3.8, 4) is 5.69 Å². The lowest BCUT2D eigenvalue weighted by Crippen LogP contribution is -2.09. The van der Waals surface area contributed by atoms with E-state index >= 15 is 0 Å². The van der Waals surface area contributed by atoms with Gasteiger partial charge >= 0.3 is 0 Å². The van der Waals surface area contributed by atoms with Gasteiger partial charge in [-0.15, -0.1) is 10.2 Å². The average Bonchev–Trinajstić information content (AvgIpc) is 2.92. The third kappa shape index (κ3) is 2.25. The third-order valence-electron chi connectivity index (χ3n) is 3.85. The van der Waals surface area contributed by atoms with Crippen LogP contribution in [-0.4, -0.2) is 25.6 Å². The Kier molecular flexibility index (Phi) is 3.44. The molecule has 0 unspecified atom stereocenters. The molecule has 1 aliphatic rings. The van der Waals surface area contributed by atoms with Crippen LogP contribution in [0.3, 0.4) is 0 Å². The molecule has 0 saturated heterocycles. The van der Waals surface area contributed by atoms with E-state index in [1.165, 1.54) is 0 Å². The van der Waals surface area contributed by atoms with Crippen molar-refractivity contribution in [3.63, 3.8) is 0 Å². The number of nitrogens with zero attached hydrogens (tertiary/aromatic N) is 4. The zero-order valence-electron chi connectivity index (χ0n) is 12.1. The van der Waals surface area contributed by atoms with Gasteiger partial charge in [0.2, 0.25) is 0 Å². The van der Waals surface area contributed by atoms with Gasteiger partial charge in [0.1, 0.15) is 13.2 Å². The zero-order valence-corrected chi connectivity index (χ0v) is 12.9. The van der Waals surface area contributed by atoms with Crippen LogP contribution in [0.4, 0.5) is 0 Å². The van der Waals surface area contributed by atoms with Gasteiger partial charge in [0.15, 0.2) is 11.6 Å².